The fraction of sp³-hybridized carbons (Fsp3) is 0.222. The number of carboxylic acids is 1. The highest BCUT2D eigenvalue weighted by Gasteiger charge is 2.16. The molecule has 0 aliphatic heterocycles. The number of rotatable bonds is 7. The van der Waals surface area contributed by atoms with Crippen molar-refractivity contribution in [2.75, 3.05) is 18.0 Å². The molecule has 0 atom stereocenters. The van der Waals surface area contributed by atoms with Crippen LogP contribution in [0.1, 0.15) is 19.6 Å². The van der Waals surface area contributed by atoms with Crippen LogP contribution < -0.4 is 4.90 Å². The van der Waals surface area contributed by atoms with Gasteiger partial charge in [-0.25, -0.2) is 9.78 Å². The highest BCUT2D eigenvalue weighted by Crippen LogP contribution is 2.31. The fourth-order valence-electron chi connectivity index (χ4n) is 2.38. The topological polar surface area (TPSA) is 79.7 Å². The maximum absolute atomic E-state index is 11.6. The molecule has 0 saturated heterocycles. The van der Waals surface area contributed by atoms with Crippen LogP contribution in [0, 0.1) is 0 Å². The van der Waals surface area contributed by atoms with E-state index in [9.17, 15) is 9.90 Å². The van der Waals surface area contributed by atoms with E-state index in [1.54, 1.807) is 12.1 Å². The molecule has 0 bridgehead atoms. The number of aromatic nitrogens is 1. The number of carboxylic acid groups (broad SMARTS) is 1. The summed E-state index contributed by atoms with van der Waals surface area (Å²) in [5, 5.41) is 9.75. The van der Waals surface area contributed by atoms with Gasteiger partial charge in [0, 0.05) is 25.2 Å². The zero-order valence-electron chi connectivity index (χ0n) is 13.9. The first-order valence-corrected chi connectivity index (χ1v) is 8.75. The smallest absolute Gasteiger partial charge is 0.342 e. The number of benzene rings is 1. The summed E-state index contributed by atoms with van der Waals surface area (Å²) in [6.07, 6.45) is 1.48. The van der Waals surface area contributed by atoms with Gasteiger partial charge in [0.15, 0.2) is 11.5 Å². The van der Waals surface area contributed by atoms with Crippen LogP contribution >= 0.6 is 11.8 Å². The standard InChI is InChI=1S/C18H18N2O4S/c1-3-20(4-2)16-10-9-12(23-16)11-15(17(21)22)25-18-19-13-7-5-6-8-14(13)24-18/h5-11H,3-4H2,1-2H3,(H,21,22)/b15-11+. The second kappa shape index (κ2) is 7.48. The van der Waals surface area contributed by atoms with Gasteiger partial charge in [0.25, 0.3) is 5.22 Å². The number of aliphatic carboxylic acids is 1. The Hall–Kier alpha value is -2.67. The molecule has 2 heterocycles. The third-order valence-electron chi connectivity index (χ3n) is 3.64. The molecule has 7 heteroatoms. The van der Waals surface area contributed by atoms with Gasteiger partial charge in [-0.2, -0.15) is 0 Å². The number of furan rings is 1. The van der Waals surface area contributed by atoms with Crippen molar-refractivity contribution in [1.82, 2.24) is 4.98 Å². The third kappa shape index (κ3) is 3.88. The van der Waals surface area contributed by atoms with Gasteiger partial charge in [-0.05, 0) is 43.8 Å². The number of hydrogen-bond acceptors (Lipinski definition) is 6. The van der Waals surface area contributed by atoms with Gasteiger partial charge in [-0.3, -0.25) is 0 Å². The Morgan fingerprint density at radius 2 is 1.96 bits per heavy atom. The Morgan fingerprint density at radius 3 is 2.64 bits per heavy atom. The van der Waals surface area contributed by atoms with Crippen LogP contribution in [0.4, 0.5) is 5.88 Å². The van der Waals surface area contributed by atoms with Gasteiger partial charge in [-0.1, -0.05) is 12.1 Å². The number of carbonyl (C=O) groups is 1. The lowest BCUT2D eigenvalue weighted by Gasteiger charge is -2.16. The molecular formula is C18H18N2O4S. The van der Waals surface area contributed by atoms with Gasteiger partial charge < -0.3 is 18.8 Å². The Bertz CT molecular complexity index is 876. The van der Waals surface area contributed by atoms with E-state index in [-0.39, 0.29) is 10.1 Å². The summed E-state index contributed by atoms with van der Waals surface area (Å²) >= 11 is 0.957. The lowest BCUT2D eigenvalue weighted by atomic mass is 10.3. The van der Waals surface area contributed by atoms with Crippen LogP contribution in [0.2, 0.25) is 0 Å². The molecule has 3 rings (SSSR count). The predicted octanol–water partition coefficient (Wildman–Crippen LogP) is 4.48. The molecule has 0 amide bonds. The normalized spacial score (nSPS) is 11.8. The number of nitrogens with zero attached hydrogens (tertiary/aromatic N) is 2. The summed E-state index contributed by atoms with van der Waals surface area (Å²) in [5.74, 6) is 0.129. The van der Waals surface area contributed by atoms with Gasteiger partial charge in [0.2, 0.25) is 0 Å². The van der Waals surface area contributed by atoms with Crippen LogP contribution in [0.25, 0.3) is 17.2 Å². The molecule has 0 aliphatic carbocycles. The summed E-state index contributed by atoms with van der Waals surface area (Å²) in [4.78, 5) is 18.0. The van der Waals surface area contributed by atoms with Gasteiger partial charge in [0.05, 0.1) is 0 Å². The van der Waals surface area contributed by atoms with Crippen LogP contribution in [0.3, 0.4) is 0 Å². The Labute approximate surface area is 149 Å². The summed E-state index contributed by atoms with van der Waals surface area (Å²) in [5.41, 5.74) is 1.31. The highest BCUT2D eigenvalue weighted by molar-refractivity contribution is 8.03. The van der Waals surface area contributed by atoms with Crippen molar-refractivity contribution < 1.29 is 18.7 Å². The molecule has 2 aromatic heterocycles. The Kier molecular flexibility index (Phi) is 5.14. The van der Waals surface area contributed by atoms with Gasteiger partial charge in [0.1, 0.15) is 16.2 Å². The largest absolute Gasteiger partial charge is 0.477 e. The monoisotopic (exact) mass is 358 g/mol. The lowest BCUT2D eigenvalue weighted by Crippen LogP contribution is -2.20. The van der Waals surface area contributed by atoms with E-state index in [2.05, 4.69) is 4.98 Å². The van der Waals surface area contributed by atoms with E-state index in [1.165, 1.54) is 6.08 Å². The summed E-state index contributed by atoms with van der Waals surface area (Å²) < 4.78 is 11.3. The maximum atomic E-state index is 11.6. The van der Waals surface area contributed by atoms with E-state index in [0.717, 1.165) is 24.9 Å². The number of para-hydroxylation sites is 2. The number of anilines is 1. The maximum Gasteiger partial charge on any atom is 0.342 e. The average molecular weight is 358 g/mol. The first kappa shape index (κ1) is 17.2. The van der Waals surface area contributed by atoms with Crippen molar-refractivity contribution in [3.8, 4) is 0 Å². The molecular weight excluding hydrogens is 340 g/mol. The van der Waals surface area contributed by atoms with Crippen molar-refractivity contribution in [3.63, 3.8) is 0 Å². The summed E-state index contributed by atoms with van der Waals surface area (Å²) in [7, 11) is 0. The zero-order chi connectivity index (χ0) is 17.8. The van der Waals surface area contributed by atoms with Gasteiger partial charge in [-0.15, -0.1) is 0 Å². The minimum absolute atomic E-state index is 0.0759. The van der Waals surface area contributed by atoms with E-state index < -0.39 is 5.97 Å². The highest BCUT2D eigenvalue weighted by atomic mass is 32.2. The van der Waals surface area contributed by atoms with Crippen molar-refractivity contribution in [2.24, 2.45) is 0 Å². The molecule has 0 fully saturated rings. The fourth-order valence-corrected chi connectivity index (χ4v) is 3.10. The molecule has 1 aromatic carbocycles. The minimum Gasteiger partial charge on any atom is -0.477 e. The third-order valence-corrected chi connectivity index (χ3v) is 4.51. The van der Waals surface area contributed by atoms with E-state index in [4.69, 9.17) is 8.83 Å². The molecule has 3 aromatic rings. The van der Waals surface area contributed by atoms with Crippen molar-refractivity contribution in [3.05, 3.63) is 47.1 Å². The van der Waals surface area contributed by atoms with E-state index in [1.807, 2.05) is 43.0 Å². The molecule has 0 radical (unpaired) electrons. The molecule has 0 spiro atoms. The number of thioether (sulfide) groups is 1. The SMILES string of the molecule is CCN(CC)c1ccc(/C=C(/Sc2nc3ccccc3o2)C(=O)O)o1. The van der Waals surface area contributed by atoms with Crippen molar-refractivity contribution in [1.29, 1.82) is 0 Å². The zero-order valence-corrected chi connectivity index (χ0v) is 14.7. The quantitative estimate of drug-likeness (QED) is 0.492. The second-order valence-electron chi connectivity index (χ2n) is 5.21. The molecule has 25 heavy (non-hydrogen) atoms. The number of fused-ring (bicyclic) bond motifs is 1. The van der Waals surface area contributed by atoms with Crippen molar-refractivity contribution >= 4 is 40.8 Å². The Morgan fingerprint density at radius 1 is 1.20 bits per heavy atom. The molecule has 6 nitrogen and oxygen atoms in total. The average Bonchev–Trinajstić information content (AvgIpc) is 3.22. The molecule has 0 unspecified atom stereocenters. The van der Waals surface area contributed by atoms with Crippen LogP contribution in [0.5, 0.6) is 0 Å². The summed E-state index contributed by atoms with van der Waals surface area (Å²) in [6, 6.07) is 10.9. The number of hydrogen-bond donors (Lipinski definition) is 1. The first-order chi connectivity index (χ1) is 12.1. The van der Waals surface area contributed by atoms with E-state index in [0.29, 0.717) is 22.7 Å². The minimum atomic E-state index is -1.06. The van der Waals surface area contributed by atoms with Crippen molar-refractivity contribution in [2.45, 2.75) is 19.1 Å². The second-order valence-corrected chi connectivity index (χ2v) is 6.20. The predicted molar refractivity (Wildman–Crippen MR) is 97.7 cm³/mol. The van der Waals surface area contributed by atoms with Crippen LogP contribution in [-0.4, -0.2) is 29.1 Å². The molecule has 1 N–H and O–H groups in total. The lowest BCUT2D eigenvalue weighted by molar-refractivity contribution is -0.131. The molecule has 0 saturated carbocycles. The molecule has 130 valence electrons. The van der Waals surface area contributed by atoms with Gasteiger partial charge >= 0.3 is 5.97 Å². The van der Waals surface area contributed by atoms with E-state index >= 15 is 0 Å². The Balaban J connectivity index is 1.85. The van der Waals surface area contributed by atoms with Crippen LogP contribution in [-0.2, 0) is 4.79 Å². The summed E-state index contributed by atoms with van der Waals surface area (Å²) in [6.45, 7) is 5.70. The van der Waals surface area contributed by atoms with Crippen LogP contribution in [0.15, 0.2) is 55.4 Å². The molecule has 0 aliphatic rings. The number of oxazole rings is 1. The first-order valence-electron chi connectivity index (χ1n) is 7.94.